The van der Waals surface area contributed by atoms with Gasteiger partial charge >= 0.3 is 0 Å². The Morgan fingerprint density at radius 1 is 1.58 bits per heavy atom. The summed E-state index contributed by atoms with van der Waals surface area (Å²) in [6.45, 7) is 1.37. The summed E-state index contributed by atoms with van der Waals surface area (Å²) in [5, 5.41) is 8.76. The van der Waals surface area contributed by atoms with Crippen LogP contribution in [-0.2, 0) is 0 Å². The second kappa shape index (κ2) is 3.23. The average molecular weight is 194 g/mol. The second-order valence-corrected chi connectivity index (χ2v) is 2.63. The molecular formula is C7H6ClF2NO. The molecule has 0 unspecified atom stereocenters. The number of halogens is 3. The summed E-state index contributed by atoms with van der Waals surface area (Å²) in [4.78, 5) is 3.40. The maximum atomic E-state index is 12.2. The summed E-state index contributed by atoms with van der Waals surface area (Å²) in [5.74, 6) is -0.269. The van der Waals surface area contributed by atoms with E-state index in [4.69, 9.17) is 16.7 Å². The van der Waals surface area contributed by atoms with Gasteiger partial charge in [-0.25, -0.2) is 13.8 Å². The highest BCUT2D eigenvalue weighted by molar-refractivity contribution is 6.30. The maximum Gasteiger partial charge on any atom is 0.267 e. The summed E-state index contributed by atoms with van der Waals surface area (Å²) in [6.07, 6.45) is -1.67. The second-order valence-electron chi connectivity index (χ2n) is 2.27. The average Bonchev–Trinajstić information content (AvgIpc) is 1.97. The van der Waals surface area contributed by atoms with Crippen molar-refractivity contribution < 1.29 is 13.9 Å². The van der Waals surface area contributed by atoms with Gasteiger partial charge in [0.1, 0.15) is 10.9 Å². The van der Waals surface area contributed by atoms with Gasteiger partial charge in [0.15, 0.2) is 0 Å². The van der Waals surface area contributed by atoms with E-state index in [0.29, 0.717) is 0 Å². The molecule has 1 aromatic heterocycles. The fraction of sp³-hybridized carbons (Fsp3) is 0.286. The minimum absolute atomic E-state index is 0.0741. The number of rotatable bonds is 1. The lowest BCUT2D eigenvalue weighted by atomic mass is 10.1. The van der Waals surface area contributed by atoms with Crippen molar-refractivity contribution in [2.45, 2.75) is 13.3 Å². The number of hydrogen-bond donors (Lipinski definition) is 1. The normalized spacial score (nSPS) is 10.8. The number of alkyl halides is 2. The summed E-state index contributed by atoms with van der Waals surface area (Å²) in [5.41, 5.74) is -0.332. The van der Waals surface area contributed by atoms with Crippen LogP contribution in [0.5, 0.6) is 5.75 Å². The third kappa shape index (κ3) is 1.48. The Morgan fingerprint density at radius 2 is 2.17 bits per heavy atom. The SMILES string of the molecule is Cc1c(O)cnc(Cl)c1C(F)F. The van der Waals surface area contributed by atoms with Crippen LogP contribution in [0.15, 0.2) is 6.20 Å². The highest BCUT2D eigenvalue weighted by Crippen LogP contribution is 2.32. The quantitative estimate of drug-likeness (QED) is 0.696. The van der Waals surface area contributed by atoms with Crippen molar-refractivity contribution >= 4 is 11.6 Å². The van der Waals surface area contributed by atoms with Crippen molar-refractivity contribution in [1.82, 2.24) is 4.98 Å². The predicted molar refractivity (Wildman–Crippen MR) is 40.6 cm³/mol. The zero-order chi connectivity index (χ0) is 9.30. The molecule has 0 radical (unpaired) electrons. The van der Waals surface area contributed by atoms with Crippen molar-refractivity contribution in [3.8, 4) is 5.75 Å². The zero-order valence-corrected chi connectivity index (χ0v) is 6.94. The number of aromatic nitrogens is 1. The van der Waals surface area contributed by atoms with Gasteiger partial charge in [0, 0.05) is 5.56 Å². The highest BCUT2D eigenvalue weighted by Gasteiger charge is 2.18. The first-order valence-electron chi connectivity index (χ1n) is 3.16. The number of aromatic hydroxyl groups is 1. The largest absolute Gasteiger partial charge is 0.506 e. The Balaban J connectivity index is 3.33. The Hall–Kier alpha value is -0.900. The highest BCUT2D eigenvalue weighted by atomic mass is 35.5. The number of pyridine rings is 1. The van der Waals surface area contributed by atoms with E-state index >= 15 is 0 Å². The molecule has 0 spiro atoms. The Bertz CT molecular complexity index is 304. The van der Waals surface area contributed by atoms with Crippen LogP contribution in [0.3, 0.4) is 0 Å². The van der Waals surface area contributed by atoms with Crippen molar-refractivity contribution in [2.75, 3.05) is 0 Å². The molecule has 0 amide bonds. The lowest BCUT2D eigenvalue weighted by Crippen LogP contribution is -1.93. The molecule has 1 aromatic rings. The predicted octanol–water partition coefficient (Wildman–Crippen LogP) is 2.69. The molecule has 0 saturated carbocycles. The standard InChI is InChI=1S/C7H6ClF2NO/c1-3-4(12)2-11-6(8)5(3)7(9)10/h2,7,12H,1H3. The van der Waals surface area contributed by atoms with E-state index < -0.39 is 12.0 Å². The fourth-order valence-electron chi connectivity index (χ4n) is 0.831. The molecule has 66 valence electrons. The van der Waals surface area contributed by atoms with Crippen LogP contribution in [0.1, 0.15) is 17.6 Å². The topological polar surface area (TPSA) is 33.1 Å². The summed E-state index contributed by atoms with van der Waals surface area (Å²) in [6, 6.07) is 0. The van der Waals surface area contributed by atoms with Gasteiger partial charge in [-0.1, -0.05) is 11.6 Å². The molecule has 0 bridgehead atoms. The van der Waals surface area contributed by atoms with Crippen LogP contribution in [0.25, 0.3) is 0 Å². The Morgan fingerprint density at radius 3 is 2.58 bits per heavy atom. The summed E-state index contributed by atoms with van der Waals surface area (Å²) < 4.78 is 24.5. The molecule has 0 atom stereocenters. The lowest BCUT2D eigenvalue weighted by Gasteiger charge is -2.06. The van der Waals surface area contributed by atoms with Gasteiger partial charge in [-0.2, -0.15) is 0 Å². The minimum Gasteiger partial charge on any atom is -0.506 e. The molecule has 1 heterocycles. The van der Waals surface area contributed by atoms with Gasteiger partial charge in [-0.3, -0.25) is 0 Å². The molecule has 0 aliphatic carbocycles. The molecule has 0 fully saturated rings. The van der Waals surface area contributed by atoms with Crippen LogP contribution in [0.4, 0.5) is 8.78 Å². The van der Waals surface area contributed by atoms with Gasteiger partial charge < -0.3 is 5.11 Å². The van der Waals surface area contributed by atoms with E-state index in [9.17, 15) is 8.78 Å². The van der Waals surface area contributed by atoms with Gasteiger partial charge in [0.25, 0.3) is 6.43 Å². The molecule has 2 nitrogen and oxygen atoms in total. The van der Waals surface area contributed by atoms with E-state index in [-0.39, 0.29) is 16.5 Å². The monoisotopic (exact) mass is 193 g/mol. The van der Waals surface area contributed by atoms with E-state index in [1.165, 1.54) is 6.92 Å². The van der Waals surface area contributed by atoms with Crippen LogP contribution in [-0.4, -0.2) is 10.1 Å². The molecule has 1 rings (SSSR count). The molecule has 5 heteroatoms. The summed E-state index contributed by atoms with van der Waals surface area (Å²) >= 11 is 5.39. The van der Waals surface area contributed by atoms with Crippen LogP contribution < -0.4 is 0 Å². The molecule has 0 aromatic carbocycles. The van der Waals surface area contributed by atoms with Gasteiger partial charge in [0.2, 0.25) is 0 Å². The van der Waals surface area contributed by atoms with Crippen LogP contribution in [0.2, 0.25) is 5.15 Å². The van der Waals surface area contributed by atoms with E-state index in [0.717, 1.165) is 6.20 Å². The first-order valence-corrected chi connectivity index (χ1v) is 3.54. The van der Waals surface area contributed by atoms with Gasteiger partial charge in [-0.05, 0) is 6.92 Å². The van der Waals surface area contributed by atoms with Crippen molar-refractivity contribution in [3.63, 3.8) is 0 Å². The number of hydrogen-bond acceptors (Lipinski definition) is 2. The first-order chi connectivity index (χ1) is 5.54. The van der Waals surface area contributed by atoms with Crippen LogP contribution >= 0.6 is 11.6 Å². The molecule has 0 aliphatic rings. The Labute approximate surface area is 72.8 Å². The van der Waals surface area contributed by atoms with Crippen LogP contribution in [0, 0.1) is 6.92 Å². The van der Waals surface area contributed by atoms with Gasteiger partial charge in [0.05, 0.1) is 11.8 Å². The molecule has 1 N–H and O–H groups in total. The van der Waals surface area contributed by atoms with E-state index in [1.807, 2.05) is 0 Å². The summed E-state index contributed by atoms with van der Waals surface area (Å²) in [7, 11) is 0. The molecule has 12 heavy (non-hydrogen) atoms. The third-order valence-electron chi connectivity index (χ3n) is 1.53. The van der Waals surface area contributed by atoms with Crippen molar-refractivity contribution in [2.24, 2.45) is 0 Å². The zero-order valence-electron chi connectivity index (χ0n) is 6.18. The first kappa shape index (κ1) is 9.19. The Kier molecular flexibility index (Phi) is 2.47. The minimum atomic E-state index is -2.71. The maximum absolute atomic E-state index is 12.2. The molecule has 0 aliphatic heterocycles. The lowest BCUT2D eigenvalue weighted by molar-refractivity contribution is 0.150. The van der Waals surface area contributed by atoms with E-state index in [1.54, 1.807) is 0 Å². The van der Waals surface area contributed by atoms with Crippen molar-refractivity contribution in [1.29, 1.82) is 0 Å². The van der Waals surface area contributed by atoms with Crippen molar-refractivity contribution in [3.05, 3.63) is 22.5 Å². The van der Waals surface area contributed by atoms with E-state index in [2.05, 4.69) is 4.98 Å². The number of nitrogens with zero attached hydrogens (tertiary/aromatic N) is 1. The smallest absolute Gasteiger partial charge is 0.267 e. The molecular weight excluding hydrogens is 188 g/mol. The molecule has 0 saturated heterocycles. The third-order valence-corrected chi connectivity index (χ3v) is 1.83. The van der Waals surface area contributed by atoms with Gasteiger partial charge in [-0.15, -0.1) is 0 Å². The fourth-order valence-corrected chi connectivity index (χ4v) is 1.10.